The van der Waals surface area contributed by atoms with E-state index in [4.69, 9.17) is 4.74 Å². The Bertz CT molecular complexity index is 374. The second-order valence-corrected chi connectivity index (χ2v) is 3.40. The van der Waals surface area contributed by atoms with Crippen LogP contribution >= 0.6 is 0 Å². The Morgan fingerprint density at radius 3 is 1.26 bits per heavy atom. The lowest BCUT2D eigenvalue weighted by molar-refractivity contribution is 0.340. The predicted octanol–water partition coefficient (Wildman–Crippen LogP) is 6.78. The molecule has 0 aliphatic heterocycles. The molecule has 0 N–H and O–H groups in total. The lowest BCUT2D eigenvalue weighted by atomic mass is 10.2. The zero-order valence-electron chi connectivity index (χ0n) is 16.5. The van der Waals surface area contributed by atoms with Crippen LogP contribution in [0.4, 0.5) is 0 Å². The molecule has 0 amide bonds. The second kappa shape index (κ2) is 28.5. The van der Waals surface area contributed by atoms with Crippen molar-refractivity contribution in [2.45, 2.75) is 55.4 Å². The molecule has 0 saturated carbocycles. The largest absolute Gasteiger partial charge is 0.494 e. The van der Waals surface area contributed by atoms with Crippen LogP contribution < -0.4 is 4.74 Å². The minimum Gasteiger partial charge on any atom is -0.494 e. The van der Waals surface area contributed by atoms with Gasteiger partial charge in [-0.15, -0.1) is 0 Å². The van der Waals surface area contributed by atoms with E-state index in [1.807, 2.05) is 97.0 Å². The van der Waals surface area contributed by atoms with Gasteiger partial charge in [0.1, 0.15) is 5.75 Å². The van der Waals surface area contributed by atoms with Gasteiger partial charge < -0.3 is 4.74 Å². The fourth-order valence-corrected chi connectivity index (χ4v) is 1.22. The van der Waals surface area contributed by atoms with Crippen LogP contribution in [-0.4, -0.2) is 15.0 Å². The Labute approximate surface area is 147 Å². The zero-order valence-corrected chi connectivity index (χ0v) is 16.5. The third-order valence-corrected chi connectivity index (χ3v) is 1.99. The molecule has 0 aliphatic rings. The topological polar surface area (TPSA) is 9.23 Å². The van der Waals surface area contributed by atoms with Gasteiger partial charge in [0.25, 0.3) is 0 Å². The molecule has 23 heavy (non-hydrogen) atoms. The van der Waals surface area contributed by atoms with E-state index in [9.17, 15) is 0 Å². The first kappa shape index (κ1) is 29.3. The van der Waals surface area contributed by atoms with E-state index in [-0.39, 0.29) is 8.41 Å². The normalized spacial score (nSPS) is 6.96. The van der Waals surface area contributed by atoms with Gasteiger partial charge in [0.15, 0.2) is 0 Å². The lowest BCUT2D eigenvalue weighted by Crippen LogP contribution is -1.89. The molecule has 2 heteroatoms. The Hall–Kier alpha value is -1.70. The fourth-order valence-electron chi connectivity index (χ4n) is 1.22. The Morgan fingerprint density at radius 2 is 1.00 bits per heavy atom. The summed E-state index contributed by atoms with van der Waals surface area (Å²) >= 11 is 0. The minimum atomic E-state index is 0. The van der Waals surface area contributed by atoms with Crippen LogP contribution in [0.3, 0.4) is 0 Å². The highest BCUT2D eigenvalue weighted by Gasteiger charge is 1.83. The lowest BCUT2D eigenvalue weighted by Gasteiger charge is -1.99. The molecule has 0 unspecified atom stereocenters. The highest BCUT2D eigenvalue weighted by Crippen LogP contribution is 2.06. The molecule has 0 heterocycles. The fraction of sp³-hybridized carbons (Fsp3) is 0.429. The maximum absolute atomic E-state index is 5.21. The minimum absolute atomic E-state index is 0. The van der Waals surface area contributed by atoms with Crippen LogP contribution in [0, 0.1) is 6.92 Å². The van der Waals surface area contributed by atoms with Crippen molar-refractivity contribution in [2.24, 2.45) is 0 Å². The van der Waals surface area contributed by atoms with Crippen molar-refractivity contribution in [3.05, 3.63) is 66.2 Å². The molecular formula is C21H36BO. The molecule has 0 aromatic heterocycles. The van der Waals surface area contributed by atoms with E-state index < -0.39 is 0 Å². The van der Waals surface area contributed by atoms with Gasteiger partial charge in [-0.1, -0.05) is 95.6 Å². The van der Waals surface area contributed by atoms with E-state index in [2.05, 4.69) is 19.1 Å². The van der Waals surface area contributed by atoms with Crippen molar-refractivity contribution in [2.75, 3.05) is 6.61 Å². The molecule has 2 aromatic carbocycles. The smallest absolute Gasteiger partial charge is 0.119 e. The molecule has 129 valence electrons. The predicted molar refractivity (Wildman–Crippen MR) is 109 cm³/mol. The number of benzene rings is 2. The van der Waals surface area contributed by atoms with Crippen molar-refractivity contribution in [1.29, 1.82) is 0 Å². The molecule has 0 aliphatic carbocycles. The Kier molecular flexibility index (Phi) is 36.3. The molecule has 0 bridgehead atoms. The highest BCUT2D eigenvalue weighted by atomic mass is 16.5. The third-order valence-electron chi connectivity index (χ3n) is 1.99. The average molecular weight is 315 g/mol. The van der Waals surface area contributed by atoms with Crippen LogP contribution in [0.15, 0.2) is 60.7 Å². The van der Waals surface area contributed by atoms with Gasteiger partial charge in [0.2, 0.25) is 0 Å². The molecule has 1 nitrogen and oxygen atoms in total. The summed E-state index contributed by atoms with van der Waals surface area (Å²) in [5, 5.41) is 0. The molecule has 0 fully saturated rings. The molecule has 0 spiro atoms. The van der Waals surface area contributed by atoms with Gasteiger partial charge in [0, 0.05) is 8.41 Å². The third kappa shape index (κ3) is 22.7. The molecule has 2 rings (SSSR count). The number of rotatable bonds is 2. The first-order valence-electron chi connectivity index (χ1n) is 8.52. The Morgan fingerprint density at radius 1 is 0.652 bits per heavy atom. The van der Waals surface area contributed by atoms with Crippen molar-refractivity contribution < 1.29 is 4.74 Å². The highest BCUT2D eigenvalue weighted by molar-refractivity contribution is 5.75. The van der Waals surface area contributed by atoms with Crippen LogP contribution in [0.1, 0.15) is 54.0 Å². The first-order chi connectivity index (χ1) is 10.8. The number of para-hydroxylation sites is 1. The summed E-state index contributed by atoms with van der Waals surface area (Å²) in [6, 6.07) is 20.1. The zero-order chi connectivity index (χ0) is 17.6. The van der Waals surface area contributed by atoms with Gasteiger partial charge in [-0.2, -0.15) is 0 Å². The van der Waals surface area contributed by atoms with Crippen LogP contribution in [0.25, 0.3) is 0 Å². The van der Waals surface area contributed by atoms with Gasteiger partial charge in [-0.05, 0) is 26.0 Å². The summed E-state index contributed by atoms with van der Waals surface area (Å²) < 4.78 is 5.21. The quantitative estimate of drug-likeness (QED) is 0.555. The van der Waals surface area contributed by atoms with E-state index in [1.54, 1.807) is 0 Å². The standard InChI is InChI=1S/C8H10O.C7H8.3C2H6.B/c1-2-9-8-6-4-3-5-7-8;1-7-5-3-2-4-6-7;3*1-2;/h3-7H,2H2,1H3;2-6H,1H3;3*1-2H3;. The summed E-state index contributed by atoms with van der Waals surface area (Å²) in [6.07, 6.45) is 0. The molecule has 2 aromatic rings. The second-order valence-electron chi connectivity index (χ2n) is 3.40. The molecular weight excluding hydrogens is 279 g/mol. The summed E-state index contributed by atoms with van der Waals surface area (Å²) in [4.78, 5) is 0. The van der Waals surface area contributed by atoms with Crippen molar-refractivity contribution >= 4 is 8.41 Å². The van der Waals surface area contributed by atoms with Crippen molar-refractivity contribution in [3.8, 4) is 5.75 Å². The average Bonchev–Trinajstić information content (AvgIpc) is 2.63. The summed E-state index contributed by atoms with van der Waals surface area (Å²) in [7, 11) is 0. The van der Waals surface area contributed by atoms with Gasteiger partial charge in [0.05, 0.1) is 6.61 Å². The molecule has 0 atom stereocenters. The number of ether oxygens (including phenoxy) is 1. The van der Waals surface area contributed by atoms with Gasteiger partial charge in [-0.25, -0.2) is 0 Å². The number of hydrogen-bond donors (Lipinski definition) is 0. The maximum Gasteiger partial charge on any atom is 0.119 e. The van der Waals surface area contributed by atoms with E-state index in [0.717, 1.165) is 12.4 Å². The van der Waals surface area contributed by atoms with Crippen LogP contribution in [0.2, 0.25) is 0 Å². The van der Waals surface area contributed by atoms with E-state index in [0.29, 0.717) is 0 Å². The number of aryl methyl sites for hydroxylation is 1. The van der Waals surface area contributed by atoms with Crippen molar-refractivity contribution in [3.63, 3.8) is 0 Å². The van der Waals surface area contributed by atoms with Crippen LogP contribution in [0.5, 0.6) is 5.75 Å². The van der Waals surface area contributed by atoms with Gasteiger partial charge >= 0.3 is 0 Å². The summed E-state index contributed by atoms with van der Waals surface area (Å²) in [5.41, 5.74) is 1.32. The molecule has 3 radical (unpaired) electrons. The molecule has 0 saturated heterocycles. The summed E-state index contributed by atoms with van der Waals surface area (Å²) in [5.74, 6) is 0.944. The number of hydrogen-bond acceptors (Lipinski definition) is 1. The van der Waals surface area contributed by atoms with E-state index in [1.165, 1.54) is 5.56 Å². The maximum atomic E-state index is 5.21. The SMILES string of the molecule is CC.CC.CC.CCOc1ccccc1.Cc1ccccc1.[B]. The van der Waals surface area contributed by atoms with Gasteiger partial charge in [-0.3, -0.25) is 0 Å². The Balaban J connectivity index is -0.000000116. The first-order valence-corrected chi connectivity index (χ1v) is 8.52. The summed E-state index contributed by atoms with van der Waals surface area (Å²) in [6.45, 7) is 16.8. The van der Waals surface area contributed by atoms with Crippen LogP contribution in [-0.2, 0) is 0 Å². The monoisotopic (exact) mass is 315 g/mol. The van der Waals surface area contributed by atoms with E-state index >= 15 is 0 Å². The van der Waals surface area contributed by atoms with Crippen molar-refractivity contribution in [1.82, 2.24) is 0 Å².